The lowest BCUT2D eigenvalue weighted by Gasteiger charge is -2.17. The topological polar surface area (TPSA) is 73.9 Å². The number of carbonyl (C=O) groups excluding carboxylic acids is 2. The third kappa shape index (κ3) is 6.14. The Bertz CT molecular complexity index is 830. The fourth-order valence-electron chi connectivity index (χ4n) is 3.10. The number of ether oxygens (including phenoxy) is 1. The Kier molecular flexibility index (Phi) is 6.94. The molecule has 0 radical (unpaired) electrons. The number of anilines is 2. The van der Waals surface area contributed by atoms with Crippen molar-refractivity contribution in [3.63, 3.8) is 0 Å². The minimum absolute atomic E-state index is 0.0456. The summed E-state index contributed by atoms with van der Waals surface area (Å²) in [6.45, 7) is 2.63. The molecule has 0 spiro atoms. The highest BCUT2D eigenvalue weighted by atomic mass is 16.5. The van der Waals surface area contributed by atoms with Crippen molar-refractivity contribution in [2.45, 2.75) is 19.4 Å². The van der Waals surface area contributed by atoms with Gasteiger partial charge in [-0.05, 0) is 42.7 Å². The highest BCUT2D eigenvalue weighted by Crippen LogP contribution is 2.20. The van der Waals surface area contributed by atoms with Gasteiger partial charge in [0.05, 0.1) is 0 Å². The van der Waals surface area contributed by atoms with E-state index in [1.807, 2.05) is 12.1 Å². The number of likely N-dealkylation sites (N-methyl/N-ethyl adjacent to an activating group) is 1. The van der Waals surface area contributed by atoms with Crippen molar-refractivity contribution in [2.24, 2.45) is 0 Å². The second-order valence-corrected chi connectivity index (χ2v) is 7.27. The number of benzene rings is 2. The fraction of sp³-hybridized carbons (Fsp3) is 0.364. The molecule has 7 nitrogen and oxygen atoms in total. The Labute approximate surface area is 171 Å². The Morgan fingerprint density at radius 1 is 1.07 bits per heavy atom. The summed E-state index contributed by atoms with van der Waals surface area (Å²) in [5, 5.41) is 5.64. The van der Waals surface area contributed by atoms with E-state index in [2.05, 4.69) is 27.7 Å². The van der Waals surface area contributed by atoms with Gasteiger partial charge in [-0.2, -0.15) is 0 Å². The van der Waals surface area contributed by atoms with Crippen LogP contribution in [-0.4, -0.2) is 50.6 Å². The van der Waals surface area contributed by atoms with Crippen molar-refractivity contribution in [2.75, 3.05) is 44.0 Å². The first-order valence-corrected chi connectivity index (χ1v) is 9.83. The lowest BCUT2D eigenvalue weighted by Crippen LogP contribution is -2.28. The first-order chi connectivity index (χ1) is 14.0. The average Bonchev–Trinajstić information content (AvgIpc) is 3.26. The zero-order valence-corrected chi connectivity index (χ0v) is 17.0. The molecule has 1 saturated heterocycles. The molecule has 1 fully saturated rings. The van der Waals surface area contributed by atoms with E-state index in [0.717, 1.165) is 18.7 Å². The van der Waals surface area contributed by atoms with Crippen LogP contribution in [0.2, 0.25) is 0 Å². The van der Waals surface area contributed by atoms with E-state index in [1.54, 1.807) is 38.4 Å². The zero-order valence-electron chi connectivity index (χ0n) is 17.0. The molecule has 0 bridgehead atoms. The third-order valence-corrected chi connectivity index (χ3v) is 4.81. The van der Waals surface area contributed by atoms with E-state index in [1.165, 1.54) is 23.4 Å². The van der Waals surface area contributed by atoms with Crippen LogP contribution in [0.1, 0.15) is 18.4 Å². The number of nitrogens with zero attached hydrogens (tertiary/aromatic N) is 2. The SMILES string of the molecule is CN(C)C(=O)COc1cccc(NC(=O)NCc2ccc(N3CCCC3)cc2)c1. The molecule has 3 amide bonds. The number of carbonyl (C=O) groups is 2. The van der Waals surface area contributed by atoms with Gasteiger partial charge in [0.2, 0.25) is 0 Å². The number of nitrogens with one attached hydrogen (secondary N) is 2. The number of hydrogen-bond donors (Lipinski definition) is 2. The molecule has 0 unspecified atom stereocenters. The van der Waals surface area contributed by atoms with Gasteiger partial charge in [-0.1, -0.05) is 18.2 Å². The molecule has 1 aliphatic rings. The van der Waals surface area contributed by atoms with Crippen LogP contribution in [0.3, 0.4) is 0 Å². The molecule has 2 aromatic rings. The molecule has 0 aromatic heterocycles. The average molecular weight is 396 g/mol. The van der Waals surface area contributed by atoms with Crippen molar-refractivity contribution in [3.8, 4) is 5.75 Å². The van der Waals surface area contributed by atoms with Gasteiger partial charge < -0.3 is 25.2 Å². The fourth-order valence-corrected chi connectivity index (χ4v) is 3.10. The van der Waals surface area contributed by atoms with Crippen LogP contribution >= 0.6 is 0 Å². The summed E-state index contributed by atoms with van der Waals surface area (Å²) < 4.78 is 5.47. The van der Waals surface area contributed by atoms with Crippen LogP contribution in [0.5, 0.6) is 5.75 Å². The van der Waals surface area contributed by atoms with Crippen LogP contribution in [0, 0.1) is 0 Å². The normalized spacial score (nSPS) is 13.1. The Morgan fingerprint density at radius 2 is 1.79 bits per heavy atom. The van der Waals surface area contributed by atoms with Crippen LogP contribution < -0.4 is 20.3 Å². The largest absolute Gasteiger partial charge is 0.484 e. The predicted octanol–water partition coefficient (Wildman–Crippen LogP) is 3.08. The standard InChI is InChI=1S/C22H28N4O3/c1-25(2)21(27)16-29-20-7-5-6-18(14-20)24-22(28)23-15-17-8-10-19(11-9-17)26-12-3-4-13-26/h5-11,14H,3-4,12-13,15-16H2,1-2H3,(H2,23,24,28). The van der Waals surface area contributed by atoms with Crippen molar-refractivity contribution >= 4 is 23.3 Å². The molecule has 1 aliphatic heterocycles. The predicted molar refractivity (Wildman–Crippen MR) is 114 cm³/mol. The van der Waals surface area contributed by atoms with E-state index < -0.39 is 0 Å². The third-order valence-electron chi connectivity index (χ3n) is 4.81. The molecule has 0 saturated carbocycles. The van der Waals surface area contributed by atoms with E-state index in [4.69, 9.17) is 4.74 Å². The van der Waals surface area contributed by atoms with E-state index in [9.17, 15) is 9.59 Å². The highest BCUT2D eigenvalue weighted by molar-refractivity contribution is 5.89. The maximum atomic E-state index is 12.2. The maximum Gasteiger partial charge on any atom is 0.319 e. The molecule has 154 valence electrons. The lowest BCUT2D eigenvalue weighted by atomic mass is 10.2. The number of hydrogen-bond acceptors (Lipinski definition) is 4. The van der Waals surface area contributed by atoms with Crippen LogP contribution in [0.25, 0.3) is 0 Å². The van der Waals surface area contributed by atoms with Gasteiger partial charge in [0.1, 0.15) is 5.75 Å². The molecule has 2 N–H and O–H groups in total. The summed E-state index contributed by atoms with van der Waals surface area (Å²) in [6.07, 6.45) is 2.50. The first-order valence-electron chi connectivity index (χ1n) is 9.83. The van der Waals surface area contributed by atoms with Crippen LogP contribution in [0.4, 0.5) is 16.2 Å². The van der Waals surface area contributed by atoms with Gasteiger partial charge in [0.15, 0.2) is 6.61 Å². The first kappa shape index (κ1) is 20.5. The molecular formula is C22H28N4O3. The van der Waals surface area contributed by atoms with Gasteiger partial charge in [-0.3, -0.25) is 4.79 Å². The smallest absolute Gasteiger partial charge is 0.319 e. The summed E-state index contributed by atoms with van der Waals surface area (Å²) in [7, 11) is 3.35. The Balaban J connectivity index is 1.46. The molecule has 0 atom stereocenters. The van der Waals surface area contributed by atoms with E-state index in [0.29, 0.717) is 18.0 Å². The molecule has 7 heteroatoms. The molecular weight excluding hydrogens is 368 g/mol. The second kappa shape index (κ2) is 9.82. The van der Waals surface area contributed by atoms with Crippen LogP contribution in [-0.2, 0) is 11.3 Å². The van der Waals surface area contributed by atoms with Gasteiger partial charge in [0, 0.05) is 51.2 Å². The van der Waals surface area contributed by atoms with Crippen LogP contribution in [0.15, 0.2) is 48.5 Å². The maximum absolute atomic E-state index is 12.2. The number of urea groups is 1. The highest BCUT2D eigenvalue weighted by Gasteiger charge is 2.12. The molecule has 1 heterocycles. The lowest BCUT2D eigenvalue weighted by molar-refractivity contribution is -0.130. The van der Waals surface area contributed by atoms with Crippen molar-refractivity contribution in [1.29, 1.82) is 0 Å². The number of amides is 3. The van der Waals surface area contributed by atoms with Gasteiger partial charge in [0.25, 0.3) is 5.91 Å². The molecule has 2 aromatic carbocycles. The zero-order chi connectivity index (χ0) is 20.6. The summed E-state index contributed by atoms with van der Waals surface area (Å²) in [5.41, 5.74) is 2.88. The summed E-state index contributed by atoms with van der Waals surface area (Å²) in [6, 6.07) is 15.0. The van der Waals surface area contributed by atoms with Crippen molar-refractivity contribution in [1.82, 2.24) is 10.2 Å². The van der Waals surface area contributed by atoms with E-state index in [-0.39, 0.29) is 18.5 Å². The van der Waals surface area contributed by atoms with Crippen molar-refractivity contribution in [3.05, 3.63) is 54.1 Å². The molecule has 3 rings (SSSR count). The van der Waals surface area contributed by atoms with E-state index >= 15 is 0 Å². The van der Waals surface area contributed by atoms with Gasteiger partial charge >= 0.3 is 6.03 Å². The molecule has 29 heavy (non-hydrogen) atoms. The minimum Gasteiger partial charge on any atom is -0.484 e. The quantitative estimate of drug-likeness (QED) is 0.754. The minimum atomic E-state index is -0.296. The number of rotatable bonds is 7. The van der Waals surface area contributed by atoms with Gasteiger partial charge in [-0.15, -0.1) is 0 Å². The van der Waals surface area contributed by atoms with Gasteiger partial charge in [-0.25, -0.2) is 4.79 Å². The Hall–Kier alpha value is -3.22. The molecule has 0 aliphatic carbocycles. The summed E-state index contributed by atoms with van der Waals surface area (Å²) in [4.78, 5) is 27.7. The monoisotopic (exact) mass is 396 g/mol. The van der Waals surface area contributed by atoms with Crippen molar-refractivity contribution < 1.29 is 14.3 Å². The summed E-state index contributed by atoms with van der Waals surface area (Å²) >= 11 is 0. The summed E-state index contributed by atoms with van der Waals surface area (Å²) in [5.74, 6) is 0.396. The Morgan fingerprint density at radius 3 is 2.48 bits per heavy atom. The second-order valence-electron chi connectivity index (χ2n) is 7.27.